The average molecular weight is 336 g/mol. The Kier molecular flexibility index (Phi) is 4.03. The van der Waals surface area contributed by atoms with Gasteiger partial charge in [-0.2, -0.15) is 8.42 Å². The number of nitrogens with zero attached hydrogens (tertiary/aromatic N) is 4. The van der Waals surface area contributed by atoms with Gasteiger partial charge >= 0.3 is 10.2 Å². The maximum absolute atomic E-state index is 12.8. The van der Waals surface area contributed by atoms with Crippen molar-refractivity contribution < 1.29 is 17.1 Å². The van der Waals surface area contributed by atoms with E-state index in [4.69, 9.17) is 0 Å². The van der Waals surface area contributed by atoms with Gasteiger partial charge in [-0.15, -0.1) is 3.89 Å². The maximum Gasteiger partial charge on any atom is 0.302 e. The Balaban J connectivity index is 1.84. The van der Waals surface area contributed by atoms with Crippen molar-refractivity contribution in [2.75, 3.05) is 17.2 Å². The molecule has 0 spiro atoms. The van der Waals surface area contributed by atoms with Crippen LogP contribution in [0.1, 0.15) is 6.42 Å². The second-order valence-corrected chi connectivity index (χ2v) is 6.65. The molecule has 1 amide bonds. The second-order valence-electron chi connectivity index (χ2n) is 5.24. The van der Waals surface area contributed by atoms with Gasteiger partial charge in [0.05, 0.1) is 17.1 Å². The Morgan fingerprint density at radius 3 is 2.70 bits per heavy atom. The van der Waals surface area contributed by atoms with Gasteiger partial charge in [0.2, 0.25) is 11.9 Å². The summed E-state index contributed by atoms with van der Waals surface area (Å²) in [5.74, 6) is -1.43. The molecule has 0 saturated carbocycles. The molecule has 1 aliphatic heterocycles. The first-order valence-electron chi connectivity index (χ1n) is 6.89. The van der Waals surface area contributed by atoms with Crippen LogP contribution in [0.5, 0.6) is 0 Å². The summed E-state index contributed by atoms with van der Waals surface area (Å²) in [7, 11) is -4.62. The van der Waals surface area contributed by atoms with Crippen LogP contribution in [0.4, 0.5) is 9.83 Å². The normalized spacial score (nSPS) is 18.4. The van der Waals surface area contributed by atoms with E-state index in [0.29, 0.717) is 11.4 Å². The first kappa shape index (κ1) is 15.5. The molecule has 9 heteroatoms. The molecule has 1 atom stereocenters. The van der Waals surface area contributed by atoms with E-state index >= 15 is 0 Å². The lowest BCUT2D eigenvalue weighted by Gasteiger charge is -2.14. The zero-order valence-corrected chi connectivity index (χ0v) is 12.8. The summed E-state index contributed by atoms with van der Waals surface area (Å²) < 4.78 is 34.3. The van der Waals surface area contributed by atoms with Crippen molar-refractivity contribution in [2.24, 2.45) is 5.92 Å². The standard InChI is InChI=1S/C14H13FN4O3S/c15-23(21,22)9-10-7-13(20)19(8-10)14-17-6-4-12(18-14)11-3-1-2-5-16-11/h1-6,10H,7-9H2. The van der Waals surface area contributed by atoms with Crippen molar-refractivity contribution in [3.8, 4) is 11.4 Å². The molecule has 3 rings (SSSR count). The number of amides is 1. The maximum atomic E-state index is 12.8. The molecule has 23 heavy (non-hydrogen) atoms. The molecular formula is C14H13FN4O3S. The highest BCUT2D eigenvalue weighted by Crippen LogP contribution is 2.25. The molecule has 0 N–H and O–H groups in total. The van der Waals surface area contributed by atoms with Gasteiger partial charge in [0, 0.05) is 31.3 Å². The number of hydrogen-bond donors (Lipinski definition) is 0. The van der Waals surface area contributed by atoms with E-state index < -0.39 is 21.9 Å². The summed E-state index contributed by atoms with van der Waals surface area (Å²) in [5, 5.41) is 0. The average Bonchev–Trinajstić information content (AvgIpc) is 2.87. The number of aromatic nitrogens is 3. The van der Waals surface area contributed by atoms with Crippen molar-refractivity contribution in [2.45, 2.75) is 6.42 Å². The molecule has 1 unspecified atom stereocenters. The minimum atomic E-state index is -4.62. The summed E-state index contributed by atoms with van der Waals surface area (Å²) in [6, 6.07) is 7.02. The monoisotopic (exact) mass is 336 g/mol. The van der Waals surface area contributed by atoms with Crippen LogP contribution in [0.3, 0.4) is 0 Å². The minimum absolute atomic E-state index is 0.0413. The highest BCUT2D eigenvalue weighted by atomic mass is 32.3. The zero-order valence-electron chi connectivity index (χ0n) is 12.0. The topological polar surface area (TPSA) is 93.1 Å². The zero-order chi connectivity index (χ0) is 16.4. The SMILES string of the molecule is O=C1CC(CS(=O)(=O)F)CN1c1nccc(-c2ccccn2)n1. The van der Waals surface area contributed by atoms with Crippen molar-refractivity contribution in [1.82, 2.24) is 15.0 Å². The number of hydrogen-bond acceptors (Lipinski definition) is 6. The van der Waals surface area contributed by atoms with E-state index in [0.717, 1.165) is 0 Å². The number of rotatable bonds is 4. The molecule has 1 fully saturated rings. The first-order valence-corrected chi connectivity index (χ1v) is 8.45. The lowest BCUT2D eigenvalue weighted by molar-refractivity contribution is -0.117. The van der Waals surface area contributed by atoms with E-state index in [1.807, 2.05) is 6.07 Å². The van der Waals surface area contributed by atoms with Crippen molar-refractivity contribution in [1.29, 1.82) is 0 Å². The summed E-state index contributed by atoms with van der Waals surface area (Å²) in [6.45, 7) is 0.0770. The summed E-state index contributed by atoms with van der Waals surface area (Å²) >= 11 is 0. The summed E-state index contributed by atoms with van der Waals surface area (Å²) in [5.41, 5.74) is 1.18. The quantitative estimate of drug-likeness (QED) is 0.779. The molecule has 0 radical (unpaired) electrons. The molecule has 3 heterocycles. The van der Waals surface area contributed by atoms with Crippen LogP contribution >= 0.6 is 0 Å². The molecule has 0 aliphatic carbocycles. The third-order valence-electron chi connectivity index (χ3n) is 3.45. The Labute approximate surface area is 132 Å². The molecule has 2 aromatic heterocycles. The largest absolute Gasteiger partial charge is 0.302 e. The predicted octanol–water partition coefficient (Wildman–Crippen LogP) is 1.19. The fourth-order valence-corrected chi connectivity index (χ4v) is 3.29. The van der Waals surface area contributed by atoms with Crippen molar-refractivity contribution in [3.63, 3.8) is 0 Å². The van der Waals surface area contributed by atoms with Gasteiger partial charge in [0.1, 0.15) is 0 Å². The van der Waals surface area contributed by atoms with Gasteiger partial charge in [0.15, 0.2) is 0 Å². The van der Waals surface area contributed by atoms with Crippen LogP contribution in [-0.4, -0.2) is 41.6 Å². The minimum Gasteiger partial charge on any atom is -0.280 e. The van der Waals surface area contributed by atoms with Gasteiger partial charge in [-0.25, -0.2) is 9.97 Å². The van der Waals surface area contributed by atoms with E-state index in [1.165, 1.54) is 11.1 Å². The van der Waals surface area contributed by atoms with Gasteiger partial charge in [-0.1, -0.05) is 6.07 Å². The van der Waals surface area contributed by atoms with Gasteiger partial charge in [-0.3, -0.25) is 14.7 Å². The van der Waals surface area contributed by atoms with Crippen LogP contribution in [-0.2, 0) is 15.0 Å². The van der Waals surface area contributed by atoms with Crippen molar-refractivity contribution >= 4 is 22.1 Å². The van der Waals surface area contributed by atoms with Crippen LogP contribution in [0, 0.1) is 5.92 Å². The number of carbonyl (C=O) groups is 1. The molecule has 1 saturated heterocycles. The Morgan fingerprint density at radius 2 is 2.00 bits per heavy atom. The molecule has 120 valence electrons. The number of carbonyl (C=O) groups excluding carboxylic acids is 1. The second kappa shape index (κ2) is 5.99. The lowest BCUT2D eigenvalue weighted by Crippen LogP contribution is -2.27. The van der Waals surface area contributed by atoms with E-state index in [1.54, 1.807) is 24.4 Å². The fraction of sp³-hybridized carbons (Fsp3) is 0.286. The number of anilines is 1. The highest BCUT2D eigenvalue weighted by Gasteiger charge is 2.35. The summed E-state index contributed by atoms with van der Waals surface area (Å²) in [4.78, 5) is 25.8. The van der Waals surface area contributed by atoms with E-state index in [-0.39, 0.29) is 24.8 Å². The number of halogens is 1. The molecule has 1 aliphatic rings. The highest BCUT2D eigenvalue weighted by molar-refractivity contribution is 7.86. The number of pyridine rings is 1. The van der Waals surface area contributed by atoms with E-state index in [9.17, 15) is 17.1 Å². The molecular weight excluding hydrogens is 323 g/mol. The Bertz CT molecular complexity index is 829. The summed E-state index contributed by atoms with van der Waals surface area (Å²) in [6.07, 6.45) is 3.08. The van der Waals surface area contributed by atoms with Crippen LogP contribution in [0.25, 0.3) is 11.4 Å². The van der Waals surface area contributed by atoms with Crippen LogP contribution in [0.15, 0.2) is 36.7 Å². The smallest absolute Gasteiger partial charge is 0.280 e. The van der Waals surface area contributed by atoms with Gasteiger partial charge in [0.25, 0.3) is 0 Å². The fourth-order valence-electron chi connectivity index (χ4n) is 2.50. The van der Waals surface area contributed by atoms with Gasteiger partial charge in [-0.05, 0) is 18.2 Å². The lowest BCUT2D eigenvalue weighted by atomic mass is 10.1. The molecule has 7 nitrogen and oxygen atoms in total. The predicted molar refractivity (Wildman–Crippen MR) is 80.6 cm³/mol. The molecule has 0 bridgehead atoms. The van der Waals surface area contributed by atoms with Crippen molar-refractivity contribution in [3.05, 3.63) is 36.7 Å². The Morgan fingerprint density at radius 1 is 1.17 bits per heavy atom. The van der Waals surface area contributed by atoms with E-state index in [2.05, 4.69) is 15.0 Å². The van der Waals surface area contributed by atoms with Crippen LogP contribution in [0.2, 0.25) is 0 Å². The third kappa shape index (κ3) is 3.67. The Hall–Kier alpha value is -2.42. The van der Waals surface area contributed by atoms with Crippen LogP contribution < -0.4 is 4.90 Å². The third-order valence-corrected chi connectivity index (χ3v) is 4.32. The van der Waals surface area contributed by atoms with Gasteiger partial charge < -0.3 is 0 Å². The first-order chi connectivity index (χ1) is 10.9. The molecule has 2 aromatic rings. The molecule has 0 aromatic carbocycles.